The van der Waals surface area contributed by atoms with E-state index in [4.69, 9.17) is 0 Å². The summed E-state index contributed by atoms with van der Waals surface area (Å²) in [7, 11) is 3.51. The minimum Gasteiger partial charge on any atom is -0.325 e. The molecule has 0 fully saturated rings. The number of carbonyl (C=O) groups is 2. The van der Waals surface area contributed by atoms with Crippen LogP contribution in [-0.2, 0) is 16.0 Å². The van der Waals surface area contributed by atoms with Crippen LogP contribution in [0.25, 0.3) is 0 Å². The zero-order valence-electron chi connectivity index (χ0n) is 15.0. The summed E-state index contributed by atoms with van der Waals surface area (Å²) in [6.45, 7) is 2.38. The van der Waals surface area contributed by atoms with E-state index >= 15 is 0 Å². The van der Waals surface area contributed by atoms with E-state index in [1.165, 1.54) is 0 Å². The first-order chi connectivity index (χ1) is 12.0. The number of nitrogens with zero attached hydrogens (tertiary/aromatic N) is 2. The molecular weight excluding hydrogens is 314 g/mol. The van der Waals surface area contributed by atoms with Crippen molar-refractivity contribution in [3.05, 3.63) is 60.2 Å². The number of hydrogen-bond donors (Lipinski definition) is 1. The molecule has 0 aliphatic heterocycles. The van der Waals surface area contributed by atoms with Gasteiger partial charge in [0, 0.05) is 18.4 Å². The van der Waals surface area contributed by atoms with Crippen LogP contribution in [0.15, 0.2) is 54.6 Å². The number of hydrogen-bond acceptors (Lipinski definition) is 3. The average Bonchev–Trinajstić information content (AvgIpc) is 2.62. The van der Waals surface area contributed by atoms with Gasteiger partial charge in [0.2, 0.25) is 11.8 Å². The summed E-state index contributed by atoms with van der Waals surface area (Å²) in [5.41, 5.74) is 2.76. The van der Waals surface area contributed by atoms with Crippen LogP contribution in [-0.4, -0.2) is 43.9 Å². The summed E-state index contributed by atoms with van der Waals surface area (Å²) in [5, 5.41) is 2.92. The fraction of sp³-hybridized carbons (Fsp3) is 0.300. The smallest absolute Gasteiger partial charge is 0.240 e. The van der Waals surface area contributed by atoms with Gasteiger partial charge in [-0.3, -0.25) is 14.5 Å². The Hall–Kier alpha value is -2.66. The Balaban J connectivity index is 1.88. The van der Waals surface area contributed by atoms with Crippen molar-refractivity contribution in [3.63, 3.8) is 0 Å². The van der Waals surface area contributed by atoms with Gasteiger partial charge >= 0.3 is 0 Å². The zero-order chi connectivity index (χ0) is 18.2. The van der Waals surface area contributed by atoms with Crippen LogP contribution >= 0.6 is 0 Å². The second-order valence-electron chi connectivity index (χ2n) is 6.02. The number of amides is 2. The van der Waals surface area contributed by atoms with Crippen molar-refractivity contribution >= 4 is 23.2 Å². The molecule has 0 atom stereocenters. The molecule has 0 bridgehead atoms. The Morgan fingerprint density at radius 1 is 0.920 bits per heavy atom. The highest BCUT2D eigenvalue weighted by Crippen LogP contribution is 2.15. The summed E-state index contributed by atoms with van der Waals surface area (Å²) in [6, 6.07) is 17.2. The monoisotopic (exact) mass is 339 g/mol. The first kappa shape index (κ1) is 18.7. The molecule has 1 N–H and O–H groups in total. The van der Waals surface area contributed by atoms with Crippen LogP contribution < -0.4 is 10.2 Å². The molecule has 5 nitrogen and oxygen atoms in total. The first-order valence-electron chi connectivity index (χ1n) is 8.39. The molecule has 0 aliphatic carbocycles. The zero-order valence-corrected chi connectivity index (χ0v) is 15.0. The predicted molar refractivity (Wildman–Crippen MR) is 102 cm³/mol. The average molecular weight is 339 g/mol. The molecule has 0 aliphatic rings. The fourth-order valence-corrected chi connectivity index (χ4v) is 2.57. The summed E-state index contributed by atoms with van der Waals surface area (Å²) in [6.07, 6.45) is 0.854. The van der Waals surface area contributed by atoms with Gasteiger partial charge in [0.25, 0.3) is 0 Å². The van der Waals surface area contributed by atoms with Gasteiger partial charge in [0.05, 0.1) is 13.1 Å². The maximum atomic E-state index is 12.3. The van der Waals surface area contributed by atoms with Gasteiger partial charge in [-0.25, -0.2) is 0 Å². The molecule has 0 spiro atoms. The normalized spacial score (nSPS) is 10.6. The second-order valence-corrected chi connectivity index (χ2v) is 6.02. The van der Waals surface area contributed by atoms with Crippen molar-refractivity contribution in [1.82, 2.24) is 4.90 Å². The number of rotatable bonds is 7. The van der Waals surface area contributed by atoms with Crippen LogP contribution in [0.2, 0.25) is 0 Å². The lowest BCUT2D eigenvalue weighted by Crippen LogP contribution is -2.40. The lowest BCUT2D eigenvalue weighted by molar-refractivity contribution is -0.120. The summed E-state index contributed by atoms with van der Waals surface area (Å²) in [5.74, 6) is -0.186. The lowest BCUT2D eigenvalue weighted by Gasteiger charge is -2.22. The van der Waals surface area contributed by atoms with Crippen molar-refractivity contribution in [2.24, 2.45) is 0 Å². The minimum absolute atomic E-state index is 0.0598. The number of benzene rings is 2. The van der Waals surface area contributed by atoms with Gasteiger partial charge < -0.3 is 10.2 Å². The molecular formula is C20H25N3O2. The first-order valence-corrected chi connectivity index (χ1v) is 8.39. The highest BCUT2D eigenvalue weighted by atomic mass is 16.2. The van der Waals surface area contributed by atoms with E-state index in [0.29, 0.717) is 0 Å². The molecule has 25 heavy (non-hydrogen) atoms. The van der Waals surface area contributed by atoms with Crippen LogP contribution in [0.5, 0.6) is 0 Å². The van der Waals surface area contributed by atoms with Crippen molar-refractivity contribution in [1.29, 1.82) is 0 Å². The van der Waals surface area contributed by atoms with Crippen LogP contribution in [0.3, 0.4) is 0 Å². The Morgan fingerprint density at radius 3 is 2.24 bits per heavy atom. The third-order valence-electron chi connectivity index (χ3n) is 4.01. The van der Waals surface area contributed by atoms with E-state index in [1.54, 1.807) is 23.9 Å². The Labute approximate surface area is 149 Å². The van der Waals surface area contributed by atoms with E-state index in [-0.39, 0.29) is 24.9 Å². The molecule has 2 aromatic carbocycles. The Morgan fingerprint density at radius 2 is 1.56 bits per heavy atom. The summed E-state index contributed by atoms with van der Waals surface area (Å²) in [4.78, 5) is 27.9. The third kappa shape index (κ3) is 5.43. The SMILES string of the molecule is CCc1ccccc1NC(=O)CN(C)CC(=O)N(C)c1ccccc1. The molecule has 0 aromatic heterocycles. The largest absolute Gasteiger partial charge is 0.325 e. The fourth-order valence-electron chi connectivity index (χ4n) is 2.57. The van der Waals surface area contributed by atoms with Crippen LogP contribution in [0, 0.1) is 0 Å². The van der Waals surface area contributed by atoms with Gasteiger partial charge in [-0.15, -0.1) is 0 Å². The summed E-state index contributed by atoms with van der Waals surface area (Å²) < 4.78 is 0. The Kier molecular flexibility index (Phi) is 6.71. The van der Waals surface area contributed by atoms with E-state index in [9.17, 15) is 9.59 Å². The van der Waals surface area contributed by atoms with E-state index in [0.717, 1.165) is 23.4 Å². The predicted octanol–water partition coefficient (Wildman–Crippen LogP) is 2.78. The van der Waals surface area contributed by atoms with Gasteiger partial charge in [-0.2, -0.15) is 0 Å². The highest BCUT2D eigenvalue weighted by Gasteiger charge is 2.15. The maximum absolute atomic E-state index is 12.3. The molecule has 0 heterocycles. The molecule has 0 saturated heterocycles. The molecule has 2 amide bonds. The third-order valence-corrected chi connectivity index (χ3v) is 4.01. The maximum Gasteiger partial charge on any atom is 0.240 e. The summed E-state index contributed by atoms with van der Waals surface area (Å²) >= 11 is 0. The minimum atomic E-state index is -0.126. The van der Waals surface area contributed by atoms with Crippen molar-refractivity contribution in [2.75, 3.05) is 37.4 Å². The van der Waals surface area contributed by atoms with Crippen LogP contribution in [0.1, 0.15) is 12.5 Å². The molecule has 0 saturated carbocycles. The van der Waals surface area contributed by atoms with Crippen molar-refractivity contribution in [2.45, 2.75) is 13.3 Å². The van der Waals surface area contributed by atoms with Crippen molar-refractivity contribution in [3.8, 4) is 0 Å². The van der Waals surface area contributed by atoms with Gasteiger partial charge in [-0.05, 0) is 37.2 Å². The molecule has 0 unspecified atom stereocenters. The number of nitrogens with one attached hydrogen (secondary N) is 1. The topological polar surface area (TPSA) is 52.7 Å². The van der Waals surface area contributed by atoms with Crippen LogP contribution in [0.4, 0.5) is 11.4 Å². The van der Waals surface area contributed by atoms with Crippen molar-refractivity contribution < 1.29 is 9.59 Å². The molecule has 0 radical (unpaired) electrons. The number of anilines is 2. The Bertz CT molecular complexity index is 716. The lowest BCUT2D eigenvalue weighted by atomic mass is 10.1. The standard InChI is InChI=1S/C20H25N3O2/c1-4-16-10-8-9-13-18(16)21-19(24)14-22(2)15-20(25)23(3)17-11-6-5-7-12-17/h5-13H,4,14-15H2,1-3H3,(H,21,24). The molecule has 132 valence electrons. The highest BCUT2D eigenvalue weighted by molar-refractivity contribution is 5.96. The quantitative estimate of drug-likeness (QED) is 0.844. The molecule has 5 heteroatoms. The van der Waals surface area contributed by atoms with E-state index in [2.05, 4.69) is 12.2 Å². The number of likely N-dealkylation sites (N-methyl/N-ethyl adjacent to an activating group) is 2. The van der Waals surface area contributed by atoms with E-state index < -0.39 is 0 Å². The number of carbonyl (C=O) groups excluding carboxylic acids is 2. The number of para-hydroxylation sites is 2. The van der Waals surface area contributed by atoms with Gasteiger partial charge in [0.15, 0.2) is 0 Å². The second kappa shape index (κ2) is 8.99. The van der Waals surface area contributed by atoms with Gasteiger partial charge in [-0.1, -0.05) is 43.3 Å². The van der Waals surface area contributed by atoms with Gasteiger partial charge in [0.1, 0.15) is 0 Å². The number of aryl methyl sites for hydroxylation is 1. The molecule has 2 aromatic rings. The van der Waals surface area contributed by atoms with E-state index in [1.807, 2.05) is 54.6 Å². The molecule has 2 rings (SSSR count).